The van der Waals surface area contributed by atoms with Gasteiger partial charge in [0.15, 0.2) is 0 Å². The second-order valence-corrected chi connectivity index (χ2v) is 6.90. The Balaban J connectivity index is 2.01. The van der Waals surface area contributed by atoms with E-state index in [-0.39, 0.29) is 5.41 Å². The minimum Gasteiger partial charge on any atom is -0.299 e. The van der Waals surface area contributed by atoms with Crippen molar-refractivity contribution >= 4 is 5.71 Å². The van der Waals surface area contributed by atoms with E-state index in [9.17, 15) is 0 Å². The van der Waals surface area contributed by atoms with Gasteiger partial charge in [0.1, 0.15) is 0 Å². The number of nitrogens with zero attached hydrogens (tertiary/aromatic N) is 2. The first-order valence-corrected chi connectivity index (χ1v) is 8.39. The highest BCUT2D eigenvalue weighted by Gasteiger charge is 2.29. The van der Waals surface area contributed by atoms with E-state index in [1.54, 1.807) is 0 Å². The molecular formula is C20H30N2. The van der Waals surface area contributed by atoms with Crippen LogP contribution < -0.4 is 0 Å². The van der Waals surface area contributed by atoms with Crippen molar-refractivity contribution in [3.8, 4) is 0 Å². The molecule has 0 N–H and O–H groups in total. The van der Waals surface area contributed by atoms with Crippen LogP contribution in [0.25, 0.3) is 0 Å². The highest BCUT2D eigenvalue weighted by atomic mass is 15.1. The normalized spacial score (nSPS) is 26.7. The molecule has 0 amide bonds. The summed E-state index contributed by atoms with van der Waals surface area (Å²) >= 11 is 0. The molecule has 1 saturated heterocycles. The molecule has 1 aliphatic heterocycles. The highest BCUT2D eigenvalue weighted by molar-refractivity contribution is 6.12. The van der Waals surface area contributed by atoms with Crippen molar-refractivity contribution in [2.45, 2.75) is 39.5 Å². The SMILES string of the molecule is C=C(C)/C(=N/C)C(=C)C1(C)C=CC(CN2CCCCC2)=CC1. The van der Waals surface area contributed by atoms with Crippen LogP contribution in [0, 0.1) is 5.41 Å². The van der Waals surface area contributed by atoms with Gasteiger partial charge in [0, 0.05) is 19.0 Å². The summed E-state index contributed by atoms with van der Waals surface area (Å²) in [6.07, 6.45) is 12.1. The zero-order chi connectivity index (χ0) is 16.2. The van der Waals surface area contributed by atoms with Gasteiger partial charge in [-0.1, -0.05) is 44.7 Å². The van der Waals surface area contributed by atoms with E-state index in [1.165, 1.54) is 37.9 Å². The van der Waals surface area contributed by atoms with Crippen LogP contribution in [-0.4, -0.2) is 37.3 Å². The Morgan fingerprint density at radius 2 is 1.95 bits per heavy atom. The Kier molecular flexibility index (Phi) is 5.57. The van der Waals surface area contributed by atoms with Crippen LogP contribution in [0.5, 0.6) is 0 Å². The number of hydrogen-bond acceptors (Lipinski definition) is 2. The highest BCUT2D eigenvalue weighted by Crippen LogP contribution is 2.37. The van der Waals surface area contributed by atoms with E-state index in [0.29, 0.717) is 0 Å². The zero-order valence-corrected chi connectivity index (χ0v) is 14.5. The lowest BCUT2D eigenvalue weighted by Crippen LogP contribution is -2.32. The van der Waals surface area contributed by atoms with Crippen molar-refractivity contribution in [3.63, 3.8) is 0 Å². The van der Waals surface area contributed by atoms with E-state index in [4.69, 9.17) is 0 Å². The van der Waals surface area contributed by atoms with Gasteiger partial charge in [-0.25, -0.2) is 0 Å². The molecule has 0 aromatic rings. The van der Waals surface area contributed by atoms with Gasteiger partial charge in [-0.05, 0) is 56.0 Å². The molecule has 2 nitrogen and oxygen atoms in total. The summed E-state index contributed by atoms with van der Waals surface area (Å²) < 4.78 is 0. The molecule has 1 heterocycles. The summed E-state index contributed by atoms with van der Waals surface area (Å²) in [7, 11) is 1.82. The van der Waals surface area contributed by atoms with Crippen LogP contribution in [0.15, 0.2) is 53.1 Å². The molecule has 1 aliphatic carbocycles. The maximum Gasteiger partial charge on any atom is 0.0628 e. The fourth-order valence-electron chi connectivity index (χ4n) is 3.34. The largest absolute Gasteiger partial charge is 0.299 e. The lowest BCUT2D eigenvalue weighted by Gasteiger charge is -2.33. The molecule has 2 heteroatoms. The first-order chi connectivity index (χ1) is 10.5. The van der Waals surface area contributed by atoms with Crippen LogP contribution in [-0.2, 0) is 0 Å². The van der Waals surface area contributed by atoms with Crippen molar-refractivity contribution in [2.24, 2.45) is 10.4 Å². The number of likely N-dealkylation sites (tertiary alicyclic amines) is 1. The number of rotatable bonds is 5. The summed E-state index contributed by atoms with van der Waals surface area (Å²) in [5.41, 5.74) is 4.42. The predicted octanol–water partition coefficient (Wildman–Crippen LogP) is 4.57. The van der Waals surface area contributed by atoms with Gasteiger partial charge >= 0.3 is 0 Å². The fourth-order valence-corrected chi connectivity index (χ4v) is 3.34. The lowest BCUT2D eigenvalue weighted by atomic mass is 9.73. The van der Waals surface area contributed by atoms with E-state index >= 15 is 0 Å². The zero-order valence-electron chi connectivity index (χ0n) is 14.5. The Hall–Kier alpha value is -1.41. The van der Waals surface area contributed by atoms with Gasteiger partial charge in [-0.3, -0.25) is 9.89 Å². The Bertz CT molecular complexity index is 530. The Morgan fingerprint density at radius 1 is 1.27 bits per heavy atom. The van der Waals surface area contributed by atoms with Crippen LogP contribution in [0.2, 0.25) is 0 Å². The van der Waals surface area contributed by atoms with Gasteiger partial charge in [-0.15, -0.1) is 0 Å². The molecule has 0 aromatic carbocycles. The molecule has 1 fully saturated rings. The van der Waals surface area contributed by atoms with Crippen molar-refractivity contribution in [3.05, 3.63) is 48.1 Å². The van der Waals surface area contributed by atoms with E-state index in [0.717, 1.165) is 29.8 Å². The second kappa shape index (κ2) is 7.23. The second-order valence-electron chi connectivity index (χ2n) is 6.90. The summed E-state index contributed by atoms with van der Waals surface area (Å²) in [6, 6.07) is 0. The molecule has 0 saturated carbocycles. The molecule has 0 aromatic heterocycles. The number of hydrogen-bond donors (Lipinski definition) is 0. The van der Waals surface area contributed by atoms with Crippen molar-refractivity contribution in [1.82, 2.24) is 4.90 Å². The number of aliphatic imine (C=N–C) groups is 1. The summed E-state index contributed by atoms with van der Waals surface area (Å²) in [5.74, 6) is 0. The average Bonchev–Trinajstić information content (AvgIpc) is 2.51. The minimum absolute atomic E-state index is 0.0425. The molecular weight excluding hydrogens is 268 g/mol. The molecule has 0 bridgehead atoms. The number of allylic oxidation sites excluding steroid dienone is 4. The van der Waals surface area contributed by atoms with E-state index in [1.807, 2.05) is 14.0 Å². The van der Waals surface area contributed by atoms with Crippen LogP contribution in [0.1, 0.15) is 39.5 Å². The van der Waals surface area contributed by atoms with Gasteiger partial charge in [-0.2, -0.15) is 0 Å². The van der Waals surface area contributed by atoms with E-state index < -0.39 is 0 Å². The first-order valence-electron chi connectivity index (χ1n) is 8.39. The fraction of sp³-hybridized carbons (Fsp3) is 0.550. The Morgan fingerprint density at radius 3 is 2.45 bits per heavy atom. The molecule has 22 heavy (non-hydrogen) atoms. The summed E-state index contributed by atoms with van der Waals surface area (Å²) in [6.45, 7) is 16.2. The molecule has 2 rings (SSSR count). The Labute approximate surface area is 136 Å². The van der Waals surface area contributed by atoms with Crippen molar-refractivity contribution < 1.29 is 0 Å². The van der Waals surface area contributed by atoms with Gasteiger partial charge in [0.2, 0.25) is 0 Å². The predicted molar refractivity (Wildman–Crippen MR) is 97.6 cm³/mol. The standard InChI is InChI=1S/C20H30N2/c1-16(2)19(21-5)17(3)20(4)11-9-18(10-12-20)15-22-13-7-6-8-14-22/h9-11H,1,3,6-8,12-15H2,2,4-5H3/b21-19-. The quantitative estimate of drug-likeness (QED) is 0.679. The van der Waals surface area contributed by atoms with E-state index in [2.05, 4.69) is 48.2 Å². The van der Waals surface area contributed by atoms with Crippen LogP contribution in [0.4, 0.5) is 0 Å². The summed E-state index contributed by atoms with van der Waals surface area (Å²) in [4.78, 5) is 6.95. The maximum absolute atomic E-state index is 4.38. The third-order valence-electron chi connectivity index (χ3n) is 4.91. The molecule has 120 valence electrons. The minimum atomic E-state index is -0.0425. The van der Waals surface area contributed by atoms with Gasteiger partial charge < -0.3 is 0 Å². The third-order valence-corrected chi connectivity index (χ3v) is 4.91. The first kappa shape index (κ1) is 17.0. The van der Waals surface area contributed by atoms with Crippen LogP contribution >= 0.6 is 0 Å². The van der Waals surface area contributed by atoms with Crippen LogP contribution in [0.3, 0.4) is 0 Å². The smallest absolute Gasteiger partial charge is 0.0628 e. The monoisotopic (exact) mass is 298 g/mol. The number of piperidine rings is 1. The van der Waals surface area contributed by atoms with Crippen molar-refractivity contribution in [2.75, 3.05) is 26.7 Å². The lowest BCUT2D eigenvalue weighted by molar-refractivity contribution is 0.247. The molecule has 1 atom stereocenters. The molecule has 2 aliphatic rings. The van der Waals surface area contributed by atoms with Gasteiger partial charge in [0.25, 0.3) is 0 Å². The summed E-state index contributed by atoms with van der Waals surface area (Å²) in [5, 5.41) is 0. The maximum atomic E-state index is 4.38. The third kappa shape index (κ3) is 3.86. The van der Waals surface area contributed by atoms with Crippen molar-refractivity contribution in [1.29, 1.82) is 0 Å². The van der Waals surface area contributed by atoms with Gasteiger partial charge in [0.05, 0.1) is 5.71 Å². The molecule has 0 radical (unpaired) electrons. The topological polar surface area (TPSA) is 15.6 Å². The molecule has 1 unspecified atom stereocenters. The molecule has 0 spiro atoms. The average molecular weight is 298 g/mol.